The molecule has 0 aliphatic rings. The summed E-state index contributed by atoms with van der Waals surface area (Å²) in [5.41, 5.74) is 3.02. The lowest BCUT2D eigenvalue weighted by atomic mass is 10.1. The van der Waals surface area contributed by atoms with Crippen LogP contribution in [0.4, 0.5) is 0 Å². The zero-order chi connectivity index (χ0) is 22.5. The third-order valence-electron chi connectivity index (χ3n) is 4.58. The summed E-state index contributed by atoms with van der Waals surface area (Å²) in [6.45, 7) is 9.41. The van der Waals surface area contributed by atoms with Crippen LogP contribution in [0.5, 0.6) is 5.75 Å². The van der Waals surface area contributed by atoms with Gasteiger partial charge in [-0.3, -0.25) is 9.79 Å². The van der Waals surface area contributed by atoms with Crippen LogP contribution in [0, 0.1) is 13.8 Å². The second-order valence-electron chi connectivity index (χ2n) is 7.05. The maximum Gasteiger partial charge on any atom is 0.287 e. The zero-order valence-corrected chi connectivity index (χ0v) is 18.9. The van der Waals surface area contributed by atoms with Crippen molar-refractivity contribution in [1.29, 1.82) is 0 Å². The molecule has 0 unspecified atom stereocenters. The molecule has 8 heteroatoms. The average Bonchev–Trinajstić information content (AvgIpc) is 3.20. The van der Waals surface area contributed by atoms with Crippen LogP contribution in [-0.2, 0) is 11.3 Å². The Hall–Kier alpha value is -3.00. The molecule has 1 heterocycles. The highest BCUT2D eigenvalue weighted by Gasteiger charge is 2.11. The summed E-state index contributed by atoms with van der Waals surface area (Å²) in [5, 5.41) is 9.41. The van der Waals surface area contributed by atoms with E-state index < -0.39 is 0 Å². The van der Waals surface area contributed by atoms with Crippen LogP contribution in [0.15, 0.2) is 39.9 Å². The first-order chi connectivity index (χ1) is 15.0. The quantitative estimate of drug-likeness (QED) is 0.272. The Labute approximate surface area is 184 Å². The Kier molecular flexibility index (Phi) is 10.4. The second-order valence-corrected chi connectivity index (χ2v) is 7.05. The molecule has 3 N–H and O–H groups in total. The number of hydrogen-bond acceptors (Lipinski definition) is 5. The molecule has 0 saturated heterocycles. The molecule has 0 saturated carbocycles. The van der Waals surface area contributed by atoms with Crippen LogP contribution in [0.2, 0.25) is 0 Å². The number of carbonyl (C=O) groups is 1. The van der Waals surface area contributed by atoms with Crippen molar-refractivity contribution in [2.45, 2.75) is 33.7 Å². The van der Waals surface area contributed by atoms with Crippen LogP contribution in [0.3, 0.4) is 0 Å². The zero-order valence-electron chi connectivity index (χ0n) is 18.9. The number of carbonyl (C=O) groups excluding carboxylic acids is 1. The largest absolute Gasteiger partial charge is 0.491 e. The minimum absolute atomic E-state index is 0.193. The molecule has 0 bridgehead atoms. The minimum Gasteiger partial charge on any atom is -0.491 e. The monoisotopic (exact) mass is 430 g/mol. The number of hydrogen-bond donors (Lipinski definition) is 3. The van der Waals surface area contributed by atoms with Crippen LogP contribution in [0.25, 0.3) is 0 Å². The first-order valence-corrected chi connectivity index (χ1v) is 10.6. The van der Waals surface area contributed by atoms with Gasteiger partial charge in [0.1, 0.15) is 12.4 Å². The van der Waals surface area contributed by atoms with Gasteiger partial charge < -0.3 is 29.8 Å². The Morgan fingerprint density at radius 3 is 2.61 bits per heavy atom. The molecule has 0 aliphatic carbocycles. The number of ether oxygens (including phenoxy) is 2. The molecule has 0 spiro atoms. The maximum absolute atomic E-state index is 12.0. The normalized spacial score (nSPS) is 11.3. The number of nitrogens with zero attached hydrogens (tertiary/aromatic N) is 1. The van der Waals surface area contributed by atoms with Crippen LogP contribution in [0.1, 0.15) is 40.6 Å². The Bertz CT molecular complexity index is 848. The molecule has 1 amide bonds. The van der Waals surface area contributed by atoms with Gasteiger partial charge in [0.25, 0.3) is 5.91 Å². The predicted octanol–water partition coefficient (Wildman–Crippen LogP) is 2.80. The number of amides is 1. The molecule has 0 radical (unpaired) electrons. The van der Waals surface area contributed by atoms with Crippen molar-refractivity contribution in [2.75, 3.05) is 40.0 Å². The van der Waals surface area contributed by atoms with Gasteiger partial charge in [0.2, 0.25) is 0 Å². The van der Waals surface area contributed by atoms with E-state index in [1.165, 1.54) is 6.26 Å². The van der Waals surface area contributed by atoms with Gasteiger partial charge >= 0.3 is 0 Å². The van der Waals surface area contributed by atoms with Crippen LogP contribution < -0.4 is 20.7 Å². The minimum atomic E-state index is -0.193. The third-order valence-corrected chi connectivity index (χ3v) is 4.58. The SMILES string of the molecule is CCOCCOc1cc(C)ccc1CNC(=NC)NCCCNC(=O)c1occc1C. The molecular formula is C23H34N4O4. The number of benzene rings is 1. The molecule has 0 atom stereocenters. The highest BCUT2D eigenvalue weighted by molar-refractivity contribution is 5.92. The van der Waals surface area contributed by atoms with E-state index >= 15 is 0 Å². The lowest BCUT2D eigenvalue weighted by molar-refractivity contribution is 0.0925. The average molecular weight is 431 g/mol. The van der Waals surface area contributed by atoms with Crippen molar-refractivity contribution in [1.82, 2.24) is 16.0 Å². The van der Waals surface area contributed by atoms with E-state index in [-0.39, 0.29) is 5.91 Å². The predicted molar refractivity (Wildman–Crippen MR) is 122 cm³/mol. The fourth-order valence-electron chi connectivity index (χ4n) is 2.88. The summed E-state index contributed by atoms with van der Waals surface area (Å²) in [5.74, 6) is 1.71. The van der Waals surface area contributed by atoms with Gasteiger partial charge in [0, 0.05) is 44.4 Å². The molecule has 0 fully saturated rings. The smallest absolute Gasteiger partial charge is 0.287 e. The van der Waals surface area contributed by atoms with Gasteiger partial charge in [-0.15, -0.1) is 0 Å². The van der Waals surface area contributed by atoms with Gasteiger partial charge in [-0.2, -0.15) is 0 Å². The van der Waals surface area contributed by atoms with E-state index in [2.05, 4.69) is 33.1 Å². The molecule has 31 heavy (non-hydrogen) atoms. The lowest BCUT2D eigenvalue weighted by Gasteiger charge is -2.15. The molecule has 2 aromatic rings. The topological polar surface area (TPSA) is 97.1 Å². The number of furan rings is 1. The van der Waals surface area contributed by atoms with E-state index in [4.69, 9.17) is 13.9 Å². The van der Waals surface area contributed by atoms with Crippen molar-refractivity contribution in [3.05, 3.63) is 53.0 Å². The Balaban J connectivity index is 1.73. The number of guanidine groups is 1. The summed E-state index contributed by atoms with van der Waals surface area (Å²) in [4.78, 5) is 16.3. The first-order valence-electron chi connectivity index (χ1n) is 10.6. The van der Waals surface area contributed by atoms with E-state index in [1.54, 1.807) is 13.1 Å². The summed E-state index contributed by atoms with van der Waals surface area (Å²) < 4.78 is 16.4. The van der Waals surface area contributed by atoms with Crippen molar-refractivity contribution in [3.63, 3.8) is 0 Å². The second kappa shape index (κ2) is 13.3. The molecule has 170 valence electrons. The fourth-order valence-corrected chi connectivity index (χ4v) is 2.88. The van der Waals surface area contributed by atoms with E-state index in [0.29, 0.717) is 51.2 Å². The van der Waals surface area contributed by atoms with Gasteiger partial charge in [0.05, 0.1) is 12.9 Å². The van der Waals surface area contributed by atoms with E-state index in [9.17, 15) is 4.79 Å². The van der Waals surface area contributed by atoms with Gasteiger partial charge in [0.15, 0.2) is 11.7 Å². The number of aryl methyl sites for hydroxylation is 2. The highest BCUT2D eigenvalue weighted by Crippen LogP contribution is 2.20. The maximum atomic E-state index is 12.0. The van der Waals surface area contributed by atoms with Crippen molar-refractivity contribution in [2.24, 2.45) is 4.99 Å². The van der Waals surface area contributed by atoms with Gasteiger partial charge in [-0.25, -0.2) is 0 Å². The Morgan fingerprint density at radius 1 is 1.10 bits per heavy atom. The molecule has 0 aliphatic heterocycles. The molecule has 1 aromatic heterocycles. The molecule has 1 aromatic carbocycles. The van der Waals surface area contributed by atoms with E-state index in [1.807, 2.05) is 26.8 Å². The Morgan fingerprint density at radius 2 is 1.90 bits per heavy atom. The molecule has 8 nitrogen and oxygen atoms in total. The number of rotatable bonds is 12. The number of nitrogens with one attached hydrogen (secondary N) is 3. The highest BCUT2D eigenvalue weighted by atomic mass is 16.5. The van der Waals surface area contributed by atoms with Crippen LogP contribution in [-0.4, -0.2) is 51.8 Å². The summed E-state index contributed by atoms with van der Waals surface area (Å²) in [6.07, 6.45) is 2.27. The fraction of sp³-hybridized carbons (Fsp3) is 0.478. The number of aliphatic imine (C=N–C) groups is 1. The lowest BCUT2D eigenvalue weighted by Crippen LogP contribution is -2.38. The van der Waals surface area contributed by atoms with Crippen molar-refractivity contribution >= 4 is 11.9 Å². The van der Waals surface area contributed by atoms with E-state index in [0.717, 1.165) is 28.9 Å². The molecular weight excluding hydrogens is 396 g/mol. The van der Waals surface area contributed by atoms with Crippen molar-refractivity contribution in [3.8, 4) is 5.75 Å². The summed E-state index contributed by atoms with van der Waals surface area (Å²) in [7, 11) is 1.73. The van der Waals surface area contributed by atoms with Gasteiger partial charge in [-0.1, -0.05) is 12.1 Å². The van der Waals surface area contributed by atoms with Crippen molar-refractivity contribution < 1.29 is 18.7 Å². The summed E-state index contributed by atoms with van der Waals surface area (Å²) in [6, 6.07) is 7.92. The standard InChI is InChI=1S/C23H34N4O4/c1-5-29-13-14-30-20-15-17(2)7-8-19(20)16-27-23(24-4)26-11-6-10-25-22(28)21-18(3)9-12-31-21/h7-9,12,15H,5-6,10-11,13-14,16H2,1-4H3,(H,25,28)(H2,24,26,27). The third kappa shape index (κ3) is 8.33. The van der Waals surface area contributed by atoms with Crippen LogP contribution >= 0.6 is 0 Å². The molecule has 2 rings (SSSR count). The summed E-state index contributed by atoms with van der Waals surface area (Å²) >= 11 is 0. The van der Waals surface area contributed by atoms with Gasteiger partial charge in [-0.05, 0) is 44.9 Å². The first kappa shape index (κ1) is 24.3.